The Balaban J connectivity index is 3.28. The highest BCUT2D eigenvalue weighted by molar-refractivity contribution is 4.58. The van der Waals surface area contributed by atoms with Crippen molar-refractivity contribution >= 4 is 0 Å². The van der Waals surface area contributed by atoms with Gasteiger partial charge in [-0.1, -0.05) is 90.9 Å². The van der Waals surface area contributed by atoms with Crippen molar-refractivity contribution in [3.8, 4) is 0 Å². The van der Waals surface area contributed by atoms with Gasteiger partial charge in [0.2, 0.25) is 0 Å². The molecule has 134 valence electrons. The first kappa shape index (κ1) is 21.9. The first-order valence-electron chi connectivity index (χ1n) is 10.1. The second-order valence-electron chi connectivity index (χ2n) is 7.48. The van der Waals surface area contributed by atoms with Gasteiger partial charge in [0, 0.05) is 0 Å². The van der Waals surface area contributed by atoms with Gasteiger partial charge in [-0.05, 0) is 37.8 Å². The molecule has 22 heavy (non-hydrogen) atoms. The van der Waals surface area contributed by atoms with Crippen LogP contribution >= 0.6 is 0 Å². The van der Waals surface area contributed by atoms with Crippen molar-refractivity contribution in [1.29, 1.82) is 0 Å². The van der Waals surface area contributed by atoms with Crippen molar-refractivity contribution in [3.63, 3.8) is 0 Å². The van der Waals surface area contributed by atoms with Crippen LogP contribution in [0, 0.1) is 11.8 Å². The number of hydrogen-bond donors (Lipinski definition) is 2. The number of unbranched alkanes of at least 4 members (excludes halogenated alkanes) is 7. The molecule has 0 aliphatic heterocycles. The molecule has 0 bridgehead atoms. The van der Waals surface area contributed by atoms with E-state index in [1.165, 1.54) is 89.9 Å². The van der Waals surface area contributed by atoms with Gasteiger partial charge >= 0.3 is 0 Å². The summed E-state index contributed by atoms with van der Waals surface area (Å²) in [5.41, 5.74) is 11.0. The quantitative estimate of drug-likeness (QED) is 0.342. The van der Waals surface area contributed by atoms with Gasteiger partial charge in [-0.3, -0.25) is 0 Å². The van der Waals surface area contributed by atoms with E-state index in [2.05, 4.69) is 13.8 Å². The van der Waals surface area contributed by atoms with Gasteiger partial charge < -0.3 is 11.5 Å². The average Bonchev–Trinajstić information content (AvgIpc) is 2.51. The van der Waals surface area contributed by atoms with E-state index in [0.29, 0.717) is 0 Å². The summed E-state index contributed by atoms with van der Waals surface area (Å²) in [6, 6.07) is 0. The van der Waals surface area contributed by atoms with E-state index >= 15 is 0 Å². The predicted molar refractivity (Wildman–Crippen MR) is 101 cm³/mol. The minimum absolute atomic E-state index is 0.860. The molecule has 0 aliphatic rings. The molecule has 0 spiro atoms. The van der Waals surface area contributed by atoms with E-state index in [9.17, 15) is 0 Å². The van der Waals surface area contributed by atoms with Crippen LogP contribution in [-0.2, 0) is 0 Å². The fraction of sp³-hybridized carbons (Fsp3) is 1.00. The zero-order chi connectivity index (χ0) is 16.5. The van der Waals surface area contributed by atoms with Crippen molar-refractivity contribution < 1.29 is 0 Å². The summed E-state index contributed by atoms with van der Waals surface area (Å²) in [5, 5.41) is 0. The third-order valence-corrected chi connectivity index (χ3v) is 4.95. The summed E-state index contributed by atoms with van der Waals surface area (Å²) in [7, 11) is 0. The van der Waals surface area contributed by atoms with E-state index in [1.807, 2.05) is 0 Å². The molecule has 2 heteroatoms. The normalized spacial score (nSPS) is 14.2. The molecule has 2 atom stereocenters. The highest BCUT2D eigenvalue weighted by Gasteiger charge is 2.05. The summed E-state index contributed by atoms with van der Waals surface area (Å²) in [5.74, 6) is 1.84. The summed E-state index contributed by atoms with van der Waals surface area (Å²) in [6.07, 6.45) is 19.2. The van der Waals surface area contributed by atoms with Crippen molar-refractivity contribution in [2.24, 2.45) is 23.3 Å². The molecule has 0 fully saturated rings. The van der Waals surface area contributed by atoms with Gasteiger partial charge in [0.25, 0.3) is 0 Å². The topological polar surface area (TPSA) is 52.0 Å². The highest BCUT2D eigenvalue weighted by atomic mass is 14.5. The van der Waals surface area contributed by atoms with E-state index in [0.717, 1.165) is 24.9 Å². The van der Waals surface area contributed by atoms with E-state index in [1.54, 1.807) is 0 Å². The molecule has 0 amide bonds. The Morgan fingerprint density at radius 3 is 1.14 bits per heavy atom. The lowest BCUT2D eigenvalue weighted by Gasteiger charge is -2.13. The van der Waals surface area contributed by atoms with Gasteiger partial charge in [0.1, 0.15) is 0 Å². The molecule has 0 radical (unpaired) electrons. The smallest absolute Gasteiger partial charge is 0.00773 e. The Bertz CT molecular complexity index is 206. The van der Waals surface area contributed by atoms with E-state index in [4.69, 9.17) is 11.5 Å². The van der Waals surface area contributed by atoms with Gasteiger partial charge in [0.05, 0.1) is 0 Å². The molecule has 0 aromatic heterocycles. The zero-order valence-electron chi connectivity index (χ0n) is 15.6. The Morgan fingerprint density at radius 2 is 0.727 bits per heavy atom. The Kier molecular flexibility index (Phi) is 17.2. The van der Waals surface area contributed by atoms with Crippen molar-refractivity contribution in [3.05, 3.63) is 0 Å². The Hall–Kier alpha value is -0.0800. The highest BCUT2D eigenvalue weighted by Crippen LogP contribution is 2.20. The first-order chi connectivity index (χ1) is 10.7. The standard InChI is InChI=1S/C20H44N2/c1-19(13-7-4-3-5-11-17-21)15-9-10-16-20(2)14-8-6-12-18-22/h19-20H,3-18,21-22H2,1-2H3. The maximum atomic E-state index is 5.53. The molecule has 0 saturated heterocycles. The fourth-order valence-electron chi connectivity index (χ4n) is 3.26. The van der Waals surface area contributed by atoms with Crippen LogP contribution in [-0.4, -0.2) is 13.1 Å². The third kappa shape index (κ3) is 16.3. The third-order valence-electron chi connectivity index (χ3n) is 4.95. The van der Waals surface area contributed by atoms with Crippen molar-refractivity contribution in [1.82, 2.24) is 0 Å². The predicted octanol–water partition coefficient (Wildman–Crippen LogP) is 5.64. The van der Waals surface area contributed by atoms with Crippen LogP contribution < -0.4 is 11.5 Å². The maximum absolute atomic E-state index is 5.53. The molecule has 2 nitrogen and oxygen atoms in total. The zero-order valence-corrected chi connectivity index (χ0v) is 15.6. The number of hydrogen-bond acceptors (Lipinski definition) is 2. The van der Waals surface area contributed by atoms with Crippen LogP contribution in [0.2, 0.25) is 0 Å². The van der Waals surface area contributed by atoms with Crippen LogP contribution in [0.1, 0.15) is 104 Å². The van der Waals surface area contributed by atoms with Gasteiger partial charge in [0.15, 0.2) is 0 Å². The fourth-order valence-corrected chi connectivity index (χ4v) is 3.26. The largest absolute Gasteiger partial charge is 0.330 e. The van der Waals surface area contributed by atoms with Crippen molar-refractivity contribution in [2.45, 2.75) is 104 Å². The summed E-state index contributed by atoms with van der Waals surface area (Å²) < 4.78 is 0. The lowest BCUT2D eigenvalue weighted by molar-refractivity contribution is 0.402. The maximum Gasteiger partial charge on any atom is -0.00773 e. The molecule has 0 rings (SSSR count). The van der Waals surface area contributed by atoms with Crippen LogP contribution in [0.5, 0.6) is 0 Å². The molecule has 0 aromatic carbocycles. The second kappa shape index (κ2) is 17.3. The average molecular weight is 313 g/mol. The minimum Gasteiger partial charge on any atom is -0.330 e. The SMILES string of the molecule is CC(CCCCCN)CCCCC(C)CCCCCCCN. The van der Waals surface area contributed by atoms with Gasteiger partial charge in [-0.2, -0.15) is 0 Å². The molecular weight excluding hydrogens is 268 g/mol. The summed E-state index contributed by atoms with van der Waals surface area (Å²) >= 11 is 0. The molecule has 0 saturated carbocycles. The lowest BCUT2D eigenvalue weighted by Crippen LogP contribution is -2.00. The summed E-state index contributed by atoms with van der Waals surface area (Å²) in [4.78, 5) is 0. The van der Waals surface area contributed by atoms with E-state index < -0.39 is 0 Å². The number of nitrogens with two attached hydrogens (primary N) is 2. The van der Waals surface area contributed by atoms with Gasteiger partial charge in [-0.15, -0.1) is 0 Å². The van der Waals surface area contributed by atoms with Crippen LogP contribution in [0.25, 0.3) is 0 Å². The lowest BCUT2D eigenvalue weighted by atomic mass is 9.93. The van der Waals surface area contributed by atoms with E-state index in [-0.39, 0.29) is 0 Å². The molecule has 4 N–H and O–H groups in total. The number of rotatable bonds is 17. The van der Waals surface area contributed by atoms with Gasteiger partial charge in [-0.25, -0.2) is 0 Å². The monoisotopic (exact) mass is 312 g/mol. The molecule has 0 aromatic rings. The van der Waals surface area contributed by atoms with Crippen LogP contribution in [0.15, 0.2) is 0 Å². The molecular formula is C20H44N2. The molecule has 2 unspecified atom stereocenters. The molecule has 0 aliphatic carbocycles. The minimum atomic E-state index is 0.860. The Labute approximate surface area is 140 Å². The summed E-state index contributed by atoms with van der Waals surface area (Å²) in [6.45, 7) is 6.59. The van der Waals surface area contributed by atoms with Crippen LogP contribution in [0.3, 0.4) is 0 Å². The Morgan fingerprint density at radius 1 is 0.455 bits per heavy atom. The van der Waals surface area contributed by atoms with Crippen molar-refractivity contribution in [2.75, 3.05) is 13.1 Å². The second-order valence-corrected chi connectivity index (χ2v) is 7.48. The first-order valence-corrected chi connectivity index (χ1v) is 10.1. The van der Waals surface area contributed by atoms with Crippen LogP contribution in [0.4, 0.5) is 0 Å². The molecule has 0 heterocycles.